The molecular formula is C19H20N2O3S. The predicted molar refractivity (Wildman–Crippen MR) is 98.8 cm³/mol. The van der Waals surface area contributed by atoms with Crippen molar-refractivity contribution in [2.45, 2.75) is 18.2 Å². The number of likely N-dealkylation sites (tertiary alicyclic amines) is 1. The summed E-state index contributed by atoms with van der Waals surface area (Å²) in [5.41, 5.74) is 1.04. The molecule has 0 saturated carbocycles. The molecule has 1 aliphatic heterocycles. The minimum atomic E-state index is -0.0953. The first kappa shape index (κ1) is 17.4. The van der Waals surface area contributed by atoms with E-state index < -0.39 is 0 Å². The molecule has 25 heavy (non-hydrogen) atoms. The van der Waals surface area contributed by atoms with Crippen LogP contribution in [0.2, 0.25) is 0 Å². The number of rotatable bonds is 5. The number of hydrogen-bond donors (Lipinski definition) is 1. The summed E-state index contributed by atoms with van der Waals surface area (Å²) < 4.78 is 5.77. The first-order chi connectivity index (χ1) is 12.1. The van der Waals surface area contributed by atoms with Crippen molar-refractivity contribution in [1.29, 1.82) is 0 Å². The molecule has 1 aliphatic rings. The second-order valence-corrected chi connectivity index (χ2v) is 7.09. The summed E-state index contributed by atoms with van der Waals surface area (Å²) in [6.07, 6.45) is 0.410. The van der Waals surface area contributed by atoms with Crippen LogP contribution in [0.5, 0.6) is 11.5 Å². The largest absolute Gasteiger partial charge is 0.457 e. The number of para-hydroxylation sites is 1. The molecule has 1 heterocycles. The van der Waals surface area contributed by atoms with Crippen molar-refractivity contribution >= 4 is 22.9 Å². The Morgan fingerprint density at radius 3 is 2.52 bits per heavy atom. The molecule has 130 valence electrons. The van der Waals surface area contributed by atoms with E-state index in [9.17, 15) is 9.59 Å². The number of nitrogens with zero attached hydrogens (tertiary/aromatic N) is 1. The van der Waals surface area contributed by atoms with Gasteiger partial charge in [0.2, 0.25) is 5.91 Å². The van der Waals surface area contributed by atoms with Gasteiger partial charge in [-0.1, -0.05) is 42.1 Å². The molecule has 2 amide bonds. The van der Waals surface area contributed by atoms with Crippen LogP contribution in [0.25, 0.3) is 0 Å². The molecule has 1 unspecified atom stereocenters. The van der Waals surface area contributed by atoms with Gasteiger partial charge in [0.15, 0.2) is 0 Å². The second-order valence-electron chi connectivity index (χ2n) is 5.81. The molecule has 6 heteroatoms. The number of benzene rings is 2. The van der Waals surface area contributed by atoms with Crippen LogP contribution in [0, 0.1) is 0 Å². The van der Waals surface area contributed by atoms with Gasteiger partial charge >= 0.3 is 0 Å². The van der Waals surface area contributed by atoms with Crippen LogP contribution in [0.3, 0.4) is 0 Å². The van der Waals surface area contributed by atoms with E-state index in [1.54, 1.807) is 11.9 Å². The van der Waals surface area contributed by atoms with Crippen molar-refractivity contribution in [1.82, 2.24) is 10.2 Å². The zero-order chi connectivity index (χ0) is 17.6. The Balaban J connectivity index is 1.56. The molecule has 0 bridgehead atoms. The fourth-order valence-electron chi connectivity index (χ4n) is 2.69. The zero-order valence-electron chi connectivity index (χ0n) is 14.0. The van der Waals surface area contributed by atoms with Crippen molar-refractivity contribution in [3.05, 3.63) is 60.2 Å². The van der Waals surface area contributed by atoms with Crippen molar-refractivity contribution < 1.29 is 14.3 Å². The van der Waals surface area contributed by atoms with Crippen LogP contribution in [-0.2, 0) is 11.3 Å². The van der Waals surface area contributed by atoms with Gasteiger partial charge < -0.3 is 15.0 Å². The monoisotopic (exact) mass is 356 g/mol. The van der Waals surface area contributed by atoms with Gasteiger partial charge in [0.1, 0.15) is 11.5 Å². The topological polar surface area (TPSA) is 58.6 Å². The normalized spacial score (nSPS) is 16.8. The Labute approximate surface area is 151 Å². The number of amides is 2. The fraction of sp³-hybridized carbons (Fsp3) is 0.263. The molecule has 1 atom stereocenters. The number of nitrogens with one attached hydrogen (secondary N) is 1. The Bertz CT molecular complexity index is 734. The predicted octanol–water partition coefficient (Wildman–Crippen LogP) is 3.65. The van der Waals surface area contributed by atoms with Crippen LogP contribution in [-0.4, -0.2) is 34.9 Å². The summed E-state index contributed by atoms with van der Waals surface area (Å²) in [6.45, 7) is 1.15. The highest BCUT2D eigenvalue weighted by atomic mass is 32.2. The quantitative estimate of drug-likeness (QED) is 0.888. The molecule has 2 aromatic rings. The van der Waals surface area contributed by atoms with Crippen LogP contribution in [0.15, 0.2) is 54.6 Å². The van der Waals surface area contributed by atoms with Crippen LogP contribution in [0.1, 0.15) is 12.0 Å². The molecular weight excluding hydrogens is 336 g/mol. The van der Waals surface area contributed by atoms with Gasteiger partial charge in [0, 0.05) is 31.8 Å². The molecule has 0 spiro atoms. The van der Waals surface area contributed by atoms with Crippen LogP contribution >= 0.6 is 11.8 Å². The third-order valence-corrected chi connectivity index (χ3v) is 5.00. The van der Waals surface area contributed by atoms with E-state index in [1.807, 2.05) is 54.6 Å². The van der Waals surface area contributed by atoms with Crippen molar-refractivity contribution in [3.63, 3.8) is 0 Å². The summed E-state index contributed by atoms with van der Waals surface area (Å²) in [7, 11) is 1.60. The van der Waals surface area contributed by atoms with Crippen molar-refractivity contribution in [2.24, 2.45) is 0 Å². The smallest absolute Gasteiger partial charge is 0.279 e. The fourth-order valence-corrected chi connectivity index (χ4v) is 3.59. The SMILES string of the molecule is CNC(=O)SC1CC(=O)N(Cc2ccc(Oc3ccccc3)cc2)C1. The summed E-state index contributed by atoms with van der Waals surface area (Å²) >= 11 is 1.20. The van der Waals surface area contributed by atoms with E-state index in [0.29, 0.717) is 19.5 Å². The van der Waals surface area contributed by atoms with Gasteiger partial charge in [-0.3, -0.25) is 9.59 Å². The number of hydrogen-bond acceptors (Lipinski definition) is 4. The van der Waals surface area contributed by atoms with E-state index in [0.717, 1.165) is 17.1 Å². The second kappa shape index (κ2) is 8.07. The van der Waals surface area contributed by atoms with Crippen LogP contribution < -0.4 is 10.1 Å². The molecule has 1 fully saturated rings. The molecule has 2 aromatic carbocycles. The van der Waals surface area contributed by atoms with E-state index >= 15 is 0 Å². The summed E-state index contributed by atoms with van der Waals surface area (Å²) in [5, 5.41) is 2.50. The summed E-state index contributed by atoms with van der Waals surface area (Å²) in [5.74, 6) is 1.64. The number of carbonyl (C=O) groups excluding carboxylic acids is 2. The van der Waals surface area contributed by atoms with Crippen LogP contribution in [0.4, 0.5) is 4.79 Å². The molecule has 1 saturated heterocycles. The lowest BCUT2D eigenvalue weighted by atomic mass is 10.2. The van der Waals surface area contributed by atoms with Gasteiger partial charge in [-0.15, -0.1) is 0 Å². The first-order valence-corrected chi connectivity index (χ1v) is 9.00. The van der Waals surface area contributed by atoms with Gasteiger partial charge in [-0.25, -0.2) is 0 Å². The maximum Gasteiger partial charge on any atom is 0.279 e. The molecule has 0 aliphatic carbocycles. The van der Waals surface area contributed by atoms with Gasteiger partial charge in [0.25, 0.3) is 5.24 Å². The average molecular weight is 356 g/mol. The third-order valence-electron chi connectivity index (χ3n) is 3.93. The minimum absolute atomic E-state index is 0.0214. The highest BCUT2D eigenvalue weighted by molar-refractivity contribution is 8.14. The molecule has 0 aromatic heterocycles. The Kier molecular flexibility index (Phi) is 5.60. The van der Waals surface area contributed by atoms with Crippen molar-refractivity contribution in [2.75, 3.05) is 13.6 Å². The maximum absolute atomic E-state index is 12.1. The summed E-state index contributed by atoms with van der Waals surface area (Å²) in [4.78, 5) is 25.4. The lowest BCUT2D eigenvalue weighted by molar-refractivity contribution is -0.128. The average Bonchev–Trinajstić information content (AvgIpc) is 2.96. The lowest BCUT2D eigenvalue weighted by Crippen LogP contribution is -2.25. The molecule has 1 N–H and O–H groups in total. The highest BCUT2D eigenvalue weighted by Gasteiger charge is 2.31. The molecule has 3 rings (SSSR count). The molecule has 5 nitrogen and oxygen atoms in total. The Hall–Kier alpha value is -2.47. The standard InChI is InChI=1S/C19H20N2O3S/c1-20-19(23)25-17-11-18(22)21(13-17)12-14-7-9-16(10-8-14)24-15-5-3-2-4-6-15/h2-10,17H,11-13H2,1H3,(H,20,23). The van der Waals surface area contributed by atoms with E-state index in [1.165, 1.54) is 11.8 Å². The van der Waals surface area contributed by atoms with Gasteiger partial charge in [-0.2, -0.15) is 0 Å². The molecule has 0 radical (unpaired) electrons. The van der Waals surface area contributed by atoms with E-state index in [2.05, 4.69) is 5.32 Å². The Morgan fingerprint density at radius 2 is 1.84 bits per heavy atom. The maximum atomic E-state index is 12.1. The van der Waals surface area contributed by atoms with Crippen molar-refractivity contribution in [3.8, 4) is 11.5 Å². The number of carbonyl (C=O) groups is 2. The Morgan fingerprint density at radius 1 is 1.16 bits per heavy atom. The van der Waals surface area contributed by atoms with E-state index in [4.69, 9.17) is 4.74 Å². The zero-order valence-corrected chi connectivity index (χ0v) is 14.8. The first-order valence-electron chi connectivity index (χ1n) is 8.12. The highest BCUT2D eigenvalue weighted by Crippen LogP contribution is 2.26. The number of ether oxygens (including phenoxy) is 1. The summed E-state index contributed by atoms with van der Waals surface area (Å²) in [6, 6.07) is 17.3. The van der Waals surface area contributed by atoms with Gasteiger partial charge in [-0.05, 0) is 29.8 Å². The third kappa shape index (κ3) is 4.76. The number of thioether (sulfide) groups is 1. The van der Waals surface area contributed by atoms with Gasteiger partial charge in [0.05, 0.1) is 0 Å². The minimum Gasteiger partial charge on any atom is -0.457 e. The van der Waals surface area contributed by atoms with E-state index in [-0.39, 0.29) is 16.4 Å². The lowest BCUT2D eigenvalue weighted by Gasteiger charge is -2.16.